The molecule has 3 heterocycles. The summed E-state index contributed by atoms with van der Waals surface area (Å²) in [6.07, 6.45) is 5.67. The van der Waals surface area contributed by atoms with E-state index in [4.69, 9.17) is 9.47 Å². The van der Waals surface area contributed by atoms with E-state index in [9.17, 15) is 0 Å². The van der Waals surface area contributed by atoms with E-state index in [0.717, 1.165) is 32.2 Å². The second kappa shape index (κ2) is 5.95. The molecule has 4 rings (SSSR count). The van der Waals surface area contributed by atoms with Gasteiger partial charge in [-0.2, -0.15) is 0 Å². The first-order valence-electron chi connectivity index (χ1n) is 8.17. The van der Waals surface area contributed by atoms with Crippen molar-refractivity contribution in [3.63, 3.8) is 0 Å². The van der Waals surface area contributed by atoms with Gasteiger partial charge in [0, 0.05) is 37.2 Å². The number of aromatic nitrogens is 1. The van der Waals surface area contributed by atoms with Gasteiger partial charge in [-0.3, -0.25) is 4.90 Å². The fourth-order valence-electron chi connectivity index (χ4n) is 3.54. The minimum Gasteiger partial charge on any atom is -0.374 e. The van der Waals surface area contributed by atoms with Gasteiger partial charge in [0.25, 0.3) is 0 Å². The third-order valence-corrected chi connectivity index (χ3v) is 5.94. The third-order valence-electron chi connectivity index (χ3n) is 5.02. The Morgan fingerprint density at radius 2 is 2.33 bits per heavy atom. The van der Waals surface area contributed by atoms with Gasteiger partial charge in [0.2, 0.25) is 0 Å². The molecular formula is C16H24N2O2S. The van der Waals surface area contributed by atoms with Crippen molar-refractivity contribution < 1.29 is 9.47 Å². The number of ether oxygens (including phenoxy) is 2. The number of fused-ring (bicyclic) bond motifs is 1. The van der Waals surface area contributed by atoms with Crippen LogP contribution in [0.4, 0.5) is 0 Å². The zero-order valence-electron chi connectivity index (χ0n) is 12.7. The van der Waals surface area contributed by atoms with Crippen molar-refractivity contribution in [3.8, 4) is 0 Å². The van der Waals surface area contributed by atoms with Crippen molar-refractivity contribution in [3.05, 3.63) is 16.1 Å². The van der Waals surface area contributed by atoms with Crippen LogP contribution in [-0.4, -0.2) is 47.9 Å². The van der Waals surface area contributed by atoms with E-state index < -0.39 is 0 Å². The second-order valence-electron chi connectivity index (χ2n) is 6.65. The molecule has 0 N–H and O–H groups in total. The molecule has 0 unspecified atom stereocenters. The summed E-state index contributed by atoms with van der Waals surface area (Å²) >= 11 is 1.77. The van der Waals surface area contributed by atoms with E-state index in [2.05, 4.69) is 16.8 Å². The van der Waals surface area contributed by atoms with Crippen LogP contribution in [0.5, 0.6) is 0 Å². The molecule has 3 atom stereocenters. The third kappa shape index (κ3) is 3.02. The summed E-state index contributed by atoms with van der Waals surface area (Å²) in [5.74, 6) is 0.824. The number of aryl methyl sites for hydroxylation is 1. The Morgan fingerprint density at radius 3 is 3.10 bits per heavy atom. The van der Waals surface area contributed by atoms with Gasteiger partial charge in [-0.25, -0.2) is 4.98 Å². The van der Waals surface area contributed by atoms with Gasteiger partial charge in [0.15, 0.2) is 0 Å². The molecule has 0 bridgehead atoms. The largest absolute Gasteiger partial charge is 0.374 e. The highest BCUT2D eigenvalue weighted by Gasteiger charge is 2.45. The van der Waals surface area contributed by atoms with Gasteiger partial charge >= 0.3 is 0 Å². The van der Waals surface area contributed by atoms with Crippen LogP contribution in [0.25, 0.3) is 0 Å². The Labute approximate surface area is 130 Å². The number of likely N-dealkylation sites (tertiary alicyclic amines) is 1. The monoisotopic (exact) mass is 308 g/mol. The predicted molar refractivity (Wildman–Crippen MR) is 82.5 cm³/mol. The fourth-order valence-corrected chi connectivity index (χ4v) is 4.34. The molecule has 2 aliphatic heterocycles. The molecule has 0 aromatic carbocycles. The fraction of sp³-hybridized carbons (Fsp3) is 0.812. The van der Waals surface area contributed by atoms with E-state index >= 15 is 0 Å². The summed E-state index contributed by atoms with van der Waals surface area (Å²) in [6.45, 7) is 5.96. The number of thiazole rings is 1. The zero-order valence-corrected chi connectivity index (χ0v) is 13.5. The van der Waals surface area contributed by atoms with Gasteiger partial charge in [-0.1, -0.05) is 0 Å². The lowest BCUT2D eigenvalue weighted by Crippen LogP contribution is -2.41. The SMILES string of the molecule is Cc1ncsc1CN1C[C@@H](OCC2CC2)[C@@H]2OCCC[C@@H]21. The van der Waals surface area contributed by atoms with Crippen molar-refractivity contribution in [2.75, 3.05) is 19.8 Å². The minimum absolute atomic E-state index is 0.268. The van der Waals surface area contributed by atoms with Crippen LogP contribution in [0.1, 0.15) is 36.3 Å². The molecule has 1 aliphatic carbocycles. The van der Waals surface area contributed by atoms with Crippen LogP contribution >= 0.6 is 11.3 Å². The van der Waals surface area contributed by atoms with E-state index in [1.807, 2.05) is 5.51 Å². The highest BCUT2D eigenvalue weighted by atomic mass is 32.1. The number of rotatable bonds is 5. The highest BCUT2D eigenvalue weighted by molar-refractivity contribution is 7.09. The summed E-state index contributed by atoms with van der Waals surface area (Å²) in [5, 5.41) is 0. The molecule has 3 fully saturated rings. The molecule has 116 valence electrons. The molecule has 21 heavy (non-hydrogen) atoms. The lowest BCUT2D eigenvalue weighted by Gasteiger charge is -2.32. The number of hydrogen-bond acceptors (Lipinski definition) is 5. The predicted octanol–water partition coefficient (Wildman–Crippen LogP) is 2.61. The minimum atomic E-state index is 0.268. The van der Waals surface area contributed by atoms with Gasteiger partial charge in [0.05, 0.1) is 17.3 Å². The summed E-state index contributed by atoms with van der Waals surface area (Å²) in [7, 11) is 0. The lowest BCUT2D eigenvalue weighted by molar-refractivity contribution is -0.0791. The van der Waals surface area contributed by atoms with Crippen LogP contribution in [0, 0.1) is 12.8 Å². The molecule has 1 saturated carbocycles. The second-order valence-corrected chi connectivity index (χ2v) is 7.59. The molecule has 4 nitrogen and oxygen atoms in total. The Kier molecular flexibility index (Phi) is 4.00. The van der Waals surface area contributed by atoms with E-state index in [-0.39, 0.29) is 12.2 Å². The van der Waals surface area contributed by atoms with E-state index in [0.29, 0.717) is 6.04 Å². The Hall–Kier alpha value is -0.490. The summed E-state index contributed by atoms with van der Waals surface area (Å²) in [4.78, 5) is 8.34. The molecule has 5 heteroatoms. The Balaban J connectivity index is 1.44. The molecule has 2 saturated heterocycles. The topological polar surface area (TPSA) is 34.6 Å². The Morgan fingerprint density at radius 1 is 1.43 bits per heavy atom. The first kappa shape index (κ1) is 14.1. The maximum atomic E-state index is 6.20. The van der Waals surface area contributed by atoms with Crippen molar-refractivity contribution >= 4 is 11.3 Å². The molecule has 0 amide bonds. The number of nitrogens with zero attached hydrogens (tertiary/aromatic N) is 2. The highest BCUT2D eigenvalue weighted by Crippen LogP contribution is 2.35. The number of hydrogen-bond donors (Lipinski definition) is 0. The van der Waals surface area contributed by atoms with Crippen molar-refractivity contribution in [1.29, 1.82) is 0 Å². The van der Waals surface area contributed by atoms with Crippen LogP contribution < -0.4 is 0 Å². The van der Waals surface area contributed by atoms with Crippen molar-refractivity contribution in [2.45, 2.75) is 57.4 Å². The molecular weight excluding hydrogens is 284 g/mol. The van der Waals surface area contributed by atoms with Crippen LogP contribution in [0.2, 0.25) is 0 Å². The molecule has 1 aromatic rings. The summed E-state index contributed by atoms with van der Waals surface area (Å²) < 4.78 is 12.3. The summed E-state index contributed by atoms with van der Waals surface area (Å²) in [5.41, 5.74) is 3.13. The van der Waals surface area contributed by atoms with Gasteiger partial charge < -0.3 is 9.47 Å². The quantitative estimate of drug-likeness (QED) is 0.837. The standard InChI is InChI=1S/C16H24N2O2S/c1-11-15(21-10-17-11)8-18-7-14(20-9-12-4-5-12)16-13(18)3-2-6-19-16/h10,12-14,16H,2-9H2,1H3/t13-,14+,16+/m0/s1. The zero-order chi connectivity index (χ0) is 14.2. The van der Waals surface area contributed by atoms with Gasteiger partial charge in [0.1, 0.15) is 6.10 Å². The van der Waals surface area contributed by atoms with Crippen molar-refractivity contribution in [2.24, 2.45) is 5.92 Å². The molecule has 0 spiro atoms. The van der Waals surface area contributed by atoms with E-state index in [1.165, 1.54) is 36.3 Å². The average molecular weight is 308 g/mol. The van der Waals surface area contributed by atoms with Crippen LogP contribution in [-0.2, 0) is 16.0 Å². The lowest BCUT2D eigenvalue weighted by atomic mass is 10.0. The molecule has 0 radical (unpaired) electrons. The average Bonchev–Trinajstić information content (AvgIpc) is 3.16. The summed E-state index contributed by atoms with van der Waals surface area (Å²) in [6, 6.07) is 0.532. The molecule has 1 aromatic heterocycles. The smallest absolute Gasteiger partial charge is 0.100 e. The Bertz CT molecular complexity index is 488. The maximum Gasteiger partial charge on any atom is 0.100 e. The van der Waals surface area contributed by atoms with Gasteiger partial charge in [-0.05, 0) is 38.5 Å². The van der Waals surface area contributed by atoms with Crippen LogP contribution in [0.15, 0.2) is 5.51 Å². The first-order valence-corrected chi connectivity index (χ1v) is 9.05. The van der Waals surface area contributed by atoms with Crippen LogP contribution in [0.3, 0.4) is 0 Å². The van der Waals surface area contributed by atoms with E-state index in [1.54, 1.807) is 11.3 Å². The first-order chi connectivity index (χ1) is 10.3. The van der Waals surface area contributed by atoms with Crippen molar-refractivity contribution in [1.82, 2.24) is 9.88 Å². The van der Waals surface area contributed by atoms with Gasteiger partial charge in [-0.15, -0.1) is 11.3 Å². The normalized spacial score (nSPS) is 33.3. The molecule has 3 aliphatic rings. The maximum absolute atomic E-state index is 6.20.